The normalized spacial score (nSPS) is 13.2. The molecule has 0 spiro atoms. The molecule has 2 N–H and O–H groups in total. The molecule has 8 nitrogen and oxygen atoms in total. The summed E-state index contributed by atoms with van der Waals surface area (Å²) in [5.41, 5.74) is 2.89. The van der Waals surface area contributed by atoms with E-state index in [1.807, 2.05) is 31.2 Å². The van der Waals surface area contributed by atoms with Crippen LogP contribution in [0.4, 0.5) is 11.4 Å². The van der Waals surface area contributed by atoms with Crippen LogP contribution in [0.25, 0.3) is 0 Å². The van der Waals surface area contributed by atoms with Gasteiger partial charge in [-0.3, -0.25) is 10.1 Å². The number of ether oxygens (including phenoxy) is 3. The molecule has 2 aromatic rings. The van der Waals surface area contributed by atoms with Crippen molar-refractivity contribution < 1.29 is 23.8 Å². The number of hydrogen-bond donors (Lipinski definition) is 2. The van der Waals surface area contributed by atoms with E-state index in [0.717, 1.165) is 11.3 Å². The average Bonchev–Trinajstić information content (AvgIpc) is 2.78. The highest BCUT2D eigenvalue weighted by Crippen LogP contribution is 2.28. The Balaban J connectivity index is 1.67. The van der Waals surface area contributed by atoms with Crippen LogP contribution >= 0.6 is 12.2 Å². The molecule has 1 aliphatic rings. The zero-order chi connectivity index (χ0) is 22.9. The van der Waals surface area contributed by atoms with E-state index in [4.69, 9.17) is 26.4 Å². The van der Waals surface area contributed by atoms with Crippen LogP contribution < -0.4 is 20.3 Å². The van der Waals surface area contributed by atoms with Crippen LogP contribution in [0.1, 0.15) is 22.8 Å². The van der Waals surface area contributed by atoms with Gasteiger partial charge in [-0.15, -0.1) is 0 Å². The summed E-state index contributed by atoms with van der Waals surface area (Å²) in [6, 6.07) is 12.7. The summed E-state index contributed by atoms with van der Waals surface area (Å²) in [6.07, 6.45) is 0. The van der Waals surface area contributed by atoms with Crippen LogP contribution in [-0.4, -0.2) is 56.5 Å². The number of carbonyl (C=O) groups excluding carboxylic acids is 2. The maximum absolute atomic E-state index is 12.3. The number of morpholine rings is 1. The zero-order valence-electron chi connectivity index (χ0n) is 18.2. The molecule has 32 heavy (non-hydrogen) atoms. The first-order valence-corrected chi connectivity index (χ1v) is 10.8. The first-order valence-electron chi connectivity index (χ1n) is 10.4. The number of nitrogens with zero attached hydrogens (tertiary/aromatic N) is 1. The molecule has 0 aliphatic carbocycles. The summed E-state index contributed by atoms with van der Waals surface area (Å²) >= 11 is 5.33. The monoisotopic (exact) mass is 457 g/mol. The van der Waals surface area contributed by atoms with Crippen LogP contribution in [0.5, 0.6) is 5.75 Å². The highest BCUT2D eigenvalue weighted by molar-refractivity contribution is 7.80. The molecule has 0 atom stereocenters. The molecule has 0 saturated carbocycles. The second-order valence-electron chi connectivity index (χ2n) is 7.16. The van der Waals surface area contributed by atoms with E-state index in [2.05, 4.69) is 15.5 Å². The molecule has 1 amide bonds. The number of aryl methyl sites for hydroxylation is 1. The fraction of sp³-hybridized carbons (Fsp3) is 0.348. The quantitative estimate of drug-likeness (QED) is 0.485. The van der Waals surface area contributed by atoms with E-state index < -0.39 is 11.9 Å². The Morgan fingerprint density at radius 2 is 1.94 bits per heavy atom. The minimum atomic E-state index is -0.425. The van der Waals surface area contributed by atoms with E-state index in [9.17, 15) is 9.59 Å². The van der Waals surface area contributed by atoms with E-state index in [1.54, 1.807) is 25.1 Å². The number of thiocarbonyl (C=S) groups is 1. The molecule has 1 fully saturated rings. The smallest absolute Gasteiger partial charge is 0.338 e. The second-order valence-corrected chi connectivity index (χ2v) is 7.57. The lowest BCUT2D eigenvalue weighted by molar-refractivity contribution is -0.121. The number of rotatable bonds is 7. The fourth-order valence-electron chi connectivity index (χ4n) is 3.23. The molecule has 0 radical (unpaired) electrons. The van der Waals surface area contributed by atoms with Gasteiger partial charge in [0.15, 0.2) is 11.7 Å². The van der Waals surface area contributed by atoms with Gasteiger partial charge in [-0.1, -0.05) is 12.1 Å². The minimum absolute atomic E-state index is 0.110. The fourth-order valence-corrected chi connectivity index (χ4v) is 3.45. The standard InChI is InChI=1S/C23H27N3O5S/c1-3-30-22(28)17-7-8-20(26-9-11-29-12-10-26)19(14-17)24-23(32)25-21(27)15-31-18-6-4-5-16(2)13-18/h4-8,13-14H,3,9-12,15H2,1-2H3,(H2,24,25,27,32). The lowest BCUT2D eigenvalue weighted by Crippen LogP contribution is -2.39. The van der Waals surface area contributed by atoms with Gasteiger partial charge in [0.1, 0.15) is 5.75 Å². The Hall–Kier alpha value is -3.17. The van der Waals surface area contributed by atoms with Crippen molar-refractivity contribution in [2.75, 3.05) is 49.7 Å². The summed E-state index contributed by atoms with van der Waals surface area (Å²) in [4.78, 5) is 26.6. The van der Waals surface area contributed by atoms with Crippen molar-refractivity contribution in [3.8, 4) is 5.75 Å². The summed E-state index contributed by atoms with van der Waals surface area (Å²) in [5, 5.41) is 5.76. The van der Waals surface area contributed by atoms with Gasteiger partial charge in [0.05, 0.1) is 36.8 Å². The molecule has 9 heteroatoms. The number of esters is 1. The highest BCUT2D eigenvalue weighted by atomic mass is 32.1. The van der Waals surface area contributed by atoms with Gasteiger partial charge in [0, 0.05) is 13.1 Å². The molecule has 0 aromatic heterocycles. The van der Waals surface area contributed by atoms with E-state index in [1.165, 1.54) is 0 Å². The van der Waals surface area contributed by atoms with Crippen LogP contribution in [0.15, 0.2) is 42.5 Å². The molecule has 0 unspecified atom stereocenters. The molecule has 1 heterocycles. The summed E-state index contributed by atoms with van der Waals surface area (Å²) in [5.74, 6) is -0.208. The second kappa shape index (κ2) is 11.4. The largest absolute Gasteiger partial charge is 0.484 e. The third-order valence-electron chi connectivity index (χ3n) is 4.72. The Labute approximate surface area is 192 Å². The molecule has 0 bridgehead atoms. The summed E-state index contributed by atoms with van der Waals surface area (Å²) in [7, 11) is 0. The van der Waals surface area contributed by atoms with E-state index in [0.29, 0.717) is 43.3 Å². The van der Waals surface area contributed by atoms with Gasteiger partial charge in [0.2, 0.25) is 0 Å². The minimum Gasteiger partial charge on any atom is -0.484 e. The third kappa shape index (κ3) is 6.66. The van der Waals surface area contributed by atoms with Crippen molar-refractivity contribution in [1.29, 1.82) is 0 Å². The predicted molar refractivity (Wildman–Crippen MR) is 126 cm³/mol. The number of anilines is 2. The molecular weight excluding hydrogens is 430 g/mol. The third-order valence-corrected chi connectivity index (χ3v) is 4.92. The maximum atomic E-state index is 12.3. The maximum Gasteiger partial charge on any atom is 0.338 e. The van der Waals surface area contributed by atoms with Gasteiger partial charge in [-0.05, 0) is 62.0 Å². The van der Waals surface area contributed by atoms with Crippen LogP contribution in [-0.2, 0) is 14.3 Å². The van der Waals surface area contributed by atoms with Crippen molar-refractivity contribution in [3.63, 3.8) is 0 Å². The number of nitrogens with one attached hydrogen (secondary N) is 2. The van der Waals surface area contributed by atoms with Crippen molar-refractivity contribution in [1.82, 2.24) is 5.32 Å². The predicted octanol–water partition coefficient (Wildman–Crippen LogP) is 2.90. The van der Waals surface area contributed by atoms with Crippen molar-refractivity contribution in [2.24, 2.45) is 0 Å². The van der Waals surface area contributed by atoms with Crippen molar-refractivity contribution in [3.05, 3.63) is 53.6 Å². The number of amides is 1. The highest BCUT2D eigenvalue weighted by Gasteiger charge is 2.18. The Bertz CT molecular complexity index is 976. The van der Waals surface area contributed by atoms with Gasteiger partial charge in [-0.25, -0.2) is 4.79 Å². The van der Waals surface area contributed by atoms with Gasteiger partial charge in [0.25, 0.3) is 5.91 Å². The Morgan fingerprint density at radius 1 is 1.16 bits per heavy atom. The molecule has 2 aromatic carbocycles. The number of carbonyl (C=O) groups is 2. The SMILES string of the molecule is CCOC(=O)c1ccc(N2CCOCC2)c(NC(=S)NC(=O)COc2cccc(C)c2)c1. The summed E-state index contributed by atoms with van der Waals surface area (Å²) in [6.45, 7) is 6.43. The Morgan fingerprint density at radius 3 is 2.66 bits per heavy atom. The van der Waals surface area contributed by atoms with Gasteiger partial charge >= 0.3 is 5.97 Å². The van der Waals surface area contributed by atoms with Gasteiger partial charge in [-0.2, -0.15) is 0 Å². The van der Waals surface area contributed by atoms with Crippen molar-refractivity contribution in [2.45, 2.75) is 13.8 Å². The van der Waals surface area contributed by atoms with Crippen LogP contribution in [0.3, 0.4) is 0 Å². The van der Waals surface area contributed by atoms with Gasteiger partial charge < -0.3 is 24.4 Å². The molecule has 3 rings (SSSR count). The lowest BCUT2D eigenvalue weighted by atomic mass is 10.1. The molecule has 1 aliphatic heterocycles. The average molecular weight is 458 g/mol. The van der Waals surface area contributed by atoms with Crippen LogP contribution in [0.2, 0.25) is 0 Å². The van der Waals surface area contributed by atoms with E-state index >= 15 is 0 Å². The van der Waals surface area contributed by atoms with E-state index in [-0.39, 0.29) is 18.3 Å². The molecule has 1 saturated heterocycles. The number of hydrogen-bond acceptors (Lipinski definition) is 7. The molecule has 170 valence electrons. The first kappa shape index (κ1) is 23.5. The van der Waals surface area contributed by atoms with Crippen LogP contribution in [0, 0.1) is 6.92 Å². The zero-order valence-corrected chi connectivity index (χ0v) is 19.0. The topological polar surface area (TPSA) is 89.1 Å². The summed E-state index contributed by atoms with van der Waals surface area (Å²) < 4.78 is 16.0. The Kier molecular flexibility index (Phi) is 8.41. The first-order chi connectivity index (χ1) is 15.5. The lowest BCUT2D eigenvalue weighted by Gasteiger charge is -2.31. The number of benzene rings is 2. The molecular formula is C23H27N3O5S. The van der Waals surface area contributed by atoms with Crippen molar-refractivity contribution >= 4 is 40.6 Å².